The van der Waals surface area contributed by atoms with E-state index in [4.69, 9.17) is 0 Å². The van der Waals surface area contributed by atoms with Crippen LogP contribution in [0.15, 0.2) is 6.20 Å². The van der Waals surface area contributed by atoms with Crippen LogP contribution in [0.4, 0.5) is 0 Å². The first-order chi connectivity index (χ1) is 7.90. The Hall–Kier alpha value is -1.43. The molecule has 0 aliphatic rings. The van der Waals surface area contributed by atoms with Crippen LogP contribution in [0.3, 0.4) is 0 Å². The lowest BCUT2D eigenvalue weighted by Gasteiger charge is -2.17. The Morgan fingerprint density at radius 2 is 2.12 bits per heavy atom. The lowest BCUT2D eigenvalue weighted by atomic mass is 10.1. The van der Waals surface area contributed by atoms with Gasteiger partial charge in [-0.05, 0) is 19.8 Å². The lowest BCUT2D eigenvalue weighted by molar-refractivity contribution is -0.122. The molecule has 17 heavy (non-hydrogen) atoms. The average Bonchev–Trinajstić information content (AvgIpc) is 2.65. The summed E-state index contributed by atoms with van der Waals surface area (Å²) in [6, 6.07) is 0.127. The molecule has 2 atom stereocenters. The predicted molar refractivity (Wildman–Crippen MR) is 63.1 cm³/mol. The Kier molecular flexibility index (Phi) is 4.62. The number of nitrogens with one attached hydrogen (secondary N) is 1. The predicted octanol–water partition coefficient (Wildman–Crippen LogP) is 0.492. The van der Waals surface area contributed by atoms with Gasteiger partial charge in [-0.3, -0.25) is 4.79 Å². The highest BCUT2D eigenvalue weighted by Crippen LogP contribution is 2.06. The maximum atomic E-state index is 11.6. The second-order valence-electron chi connectivity index (χ2n) is 4.62. The van der Waals surface area contributed by atoms with E-state index in [2.05, 4.69) is 15.6 Å². The minimum absolute atomic E-state index is 0.103. The van der Waals surface area contributed by atoms with Gasteiger partial charge in [0.1, 0.15) is 12.2 Å². The number of aromatic nitrogens is 3. The summed E-state index contributed by atoms with van der Waals surface area (Å²) in [6.45, 7) is 7.79. The maximum absolute atomic E-state index is 11.6. The molecule has 1 aromatic rings. The monoisotopic (exact) mass is 240 g/mol. The largest absolute Gasteiger partial charge is 0.387 e. The molecule has 0 spiro atoms. The summed E-state index contributed by atoms with van der Waals surface area (Å²) in [4.78, 5) is 11.6. The summed E-state index contributed by atoms with van der Waals surface area (Å²) in [5.74, 6) is 0.288. The smallest absolute Gasteiger partial charge is 0.242 e. The van der Waals surface area contributed by atoms with Crippen molar-refractivity contribution in [2.75, 3.05) is 0 Å². The lowest BCUT2D eigenvalue weighted by Crippen LogP contribution is -2.38. The number of aliphatic hydroxyl groups is 1. The van der Waals surface area contributed by atoms with Crippen LogP contribution >= 0.6 is 0 Å². The summed E-state index contributed by atoms with van der Waals surface area (Å²) in [5.41, 5.74) is 0.467. The number of rotatable bonds is 5. The van der Waals surface area contributed by atoms with E-state index in [1.54, 1.807) is 13.1 Å². The summed E-state index contributed by atoms with van der Waals surface area (Å²) in [5, 5.41) is 19.7. The first-order valence-corrected chi connectivity index (χ1v) is 5.77. The normalized spacial score (nSPS) is 14.7. The van der Waals surface area contributed by atoms with Gasteiger partial charge in [-0.15, -0.1) is 5.10 Å². The van der Waals surface area contributed by atoms with Crippen molar-refractivity contribution in [2.45, 2.75) is 46.4 Å². The van der Waals surface area contributed by atoms with Gasteiger partial charge in [-0.2, -0.15) is 0 Å². The van der Waals surface area contributed by atoms with E-state index in [0.717, 1.165) is 0 Å². The minimum atomic E-state index is -0.665. The van der Waals surface area contributed by atoms with E-state index in [1.165, 1.54) is 4.68 Å². The van der Waals surface area contributed by atoms with Crippen LogP contribution in [0.5, 0.6) is 0 Å². The molecule has 0 aliphatic carbocycles. The van der Waals surface area contributed by atoms with Crippen LogP contribution in [0, 0.1) is 5.92 Å². The molecule has 0 fully saturated rings. The van der Waals surface area contributed by atoms with E-state index in [1.807, 2.05) is 20.8 Å². The fourth-order valence-corrected chi connectivity index (χ4v) is 1.20. The van der Waals surface area contributed by atoms with Crippen LogP contribution in [0.1, 0.15) is 39.5 Å². The van der Waals surface area contributed by atoms with Crippen molar-refractivity contribution < 1.29 is 9.90 Å². The third kappa shape index (κ3) is 4.14. The molecule has 0 saturated heterocycles. The zero-order valence-corrected chi connectivity index (χ0v) is 10.7. The quantitative estimate of drug-likeness (QED) is 0.785. The van der Waals surface area contributed by atoms with Gasteiger partial charge in [-0.1, -0.05) is 19.1 Å². The molecule has 1 aromatic heterocycles. The SMILES string of the molecule is CC(O)c1cn(CC(=O)NC(C)C(C)C)nn1. The number of nitrogens with zero attached hydrogens (tertiary/aromatic N) is 3. The molecule has 6 heteroatoms. The zero-order valence-electron chi connectivity index (χ0n) is 10.7. The summed E-state index contributed by atoms with van der Waals surface area (Å²) >= 11 is 0. The molecule has 6 nitrogen and oxygen atoms in total. The molecule has 2 N–H and O–H groups in total. The summed E-state index contributed by atoms with van der Waals surface area (Å²) < 4.78 is 1.42. The van der Waals surface area contributed by atoms with E-state index >= 15 is 0 Å². The summed E-state index contributed by atoms with van der Waals surface area (Å²) in [7, 11) is 0. The molecular formula is C11H20N4O2. The first-order valence-electron chi connectivity index (χ1n) is 5.77. The maximum Gasteiger partial charge on any atom is 0.242 e. The molecule has 0 radical (unpaired) electrons. The van der Waals surface area contributed by atoms with Crippen LogP contribution < -0.4 is 5.32 Å². The molecule has 0 bridgehead atoms. The van der Waals surface area contributed by atoms with Gasteiger partial charge in [0.15, 0.2) is 0 Å². The average molecular weight is 240 g/mol. The Labute approximate surface area is 101 Å². The number of hydrogen-bond donors (Lipinski definition) is 2. The van der Waals surface area contributed by atoms with Gasteiger partial charge < -0.3 is 10.4 Å². The van der Waals surface area contributed by atoms with Crippen molar-refractivity contribution in [1.82, 2.24) is 20.3 Å². The Bertz CT molecular complexity index is 373. The Morgan fingerprint density at radius 3 is 2.59 bits per heavy atom. The van der Waals surface area contributed by atoms with Crippen molar-refractivity contribution in [3.8, 4) is 0 Å². The van der Waals surface area contributed by atoms with Crippen LogP contribution in [0.2, 0.25) is 0 Å². The fraction of sp³-hybridized carbons (Fsp3) is 0.727. The van der Waals surface area contributed by atoms with Gasteiger partial charge in [0.05, 0.1) is 12.3 Å². The minimum Gasteiger partial charge on any atom is -0.387 e. The van der Waals surface area contributed by atoms with Gasteiger partial charge in [0.2, 0.25) is 5.91 Å². The molecule has 0 saturated carbocycles. The number of hydrogen-bond acceptors (Lipinski definition) is 4. The molecule has 1 heterocycles. The summed E-state index contributed by atoms with van der Waals surface area (Å²) in [6.07, 6.45) is 0.908. The van der Waals surface area contributed by atoms with Crippen molar-refractivity contribution in [3.63, 3.8) is 0 Å². The highest BCUT2D eigenvalue weighted by atomic mass is 16.3. The molecular weight excluding hydrogens is 220 g/mol. The topological polar surface area (TPSA) is 80.0 Å². The van der Waals surface area contributed by atoms with Gasteiger partial charge in [0.25, 0.3) is 0 Å². The van der Waals surface area contributed by atoms with Crippen LogP contribution in [-0.2, 0) is 11.3 Å². The fourth-order valence-electron chi connectivity index (χ4n) is 1.20. The third-order valence-corrected chi connectivity index (χ3v) is 2.68. The molecule has 0 aliphatic heterocycles. The van der Waals surface area contributed by atoms with E-state index in [0.29, 0.717) is 11.6 Å². The molecule has 1 rings (SSSR count). The first kappa shape index (κ1) is 13.6. The number of carbonyl (C=O) groups excluding carboxylic acids is 1. The number of carbonyl (C=O) groups is 1. The van der Waals surface area contributed by atoms with Gasteiger partial charge in [0, 0.05) is 6.04 Å². The van der Waals surface area contributed by atoms with Crippen molar-refractivity contribution in [3.05, 3.63) is 11.9 Å². The number of aliphatic hydroxyl groups excluding tert-OH is 1. The van der Waals surface area contributed by atoms with Crippen LogP contribution in [-0.4, -0.2) is 32.0 Å². The zero-order chi connectivity index (χ0) is 13.0. The van der Waals surface area contributed by atoms with Crippen molar-refractivity contribution in [2.24, 2.45) is 5.92 Å². The molecule has 2 unspecified atom stereocenters. The highest BCUT2D eigenvalue weighted by Gasteiger charge is 2.12. The Morgan fingerprint density at radius 1 is 1.47 bits per heavy atom. The van der Waals surface area contributed by atoms with Crippen molar-refractivity contribution >= 4 is 5.91 Å². The third-order valence-electron chi connectivity index (χ3n) is 2.68. The van der Waals surface area contributed by atoms with E-state index < -0.39 is 6.10 Å². The standard InChI is InChI=1S/C11H20N4O2/c1-7(2)8(3)12-11(17)6-15-5-10(9(4)16)13-14-15/h5,7-9,16H,6H2,1-4H3,(H,12,17). The number of amides is 1. The molecule has 1 amide bonds. The van der Waals surface area contributed by atoms with Gasteiger partial charge >= 0.3 is 0 Å². The van der Waals surface area contributed by atoms with E-state index in [9.17, 15) is 9.90 Å². The van der Waals surface area contributed by atoms with Crippen molar-refractivity contribution in [1.29, 1.82) is 0 Å². The van der Waals surface area contributed by atoms with Crippen LogP contribution in [0.25, 0.3) is 0 Å². The highest BCUT2D eigenvalue weighted by molar-refractivity contribution is 5.75. The van der Waals surface area contributed by atoms with Gasteiger partial charge in [-0.25, -0.2) is 4.68 Å². The molecule has 96 valence electrons. The van der Waals surface area contributed by atoms with E-state index in [-0.39, 0.29) is 18.5 Å². The Balaban J connectivity index is 2.50. The molecule has 0 aromatic carbocycles. The second kappa shape index (κ2) is 5.77. The second-order valence-corrected chi connectivity index (χ2v) is 4.62.